The zero-order chi connectivity index (χ0) is 7.28. The van der Waals surface area contributed by atoms with Crippen LogP contribution in [0.1, 0.15) is 13.8 Å². The van der Waals surface area contributed by atoms with Crippen LogP contribution in [0.4, 0.5) is 0 Å². The monoisotopic (exact) mass is 153 g/mol. The van der Waals surface area contributed by atoms with Crippen molar-refractivity contribution in [3.8, 4) is 0 Å². The van der Waals surface area contributed by atoms with E-state index in [2.05, 4.69) is 14.1 Å². The molecule has 5 heteroatoms. The van der Waals surface area contributed by atoms with Crippen molar-refractivity contribution < 1.29 is 18.7 Å². The van der Waals surface area contributed by atoms with Crippen molar-refractivity contribution in [1.82, 2.24) is 0 Å². The summed E-state index contributed by atoms with van der Waals surface area (Å²) >= 11 is 0. The maximum Gasteiger partial charge on any atom is 0.728 e. The SMILES string of the molecule is CO[P+](=O)OOC(C)C. The normalized spacial score (nSPS) is 12.2. The van der Waals surface area contributed by atoms with Crippen LogP contribution in [-0.4, -0.2) is 13.2 Å². The summed E-state index contributed by atoms with van der Waals surface area (Å²) in [7, 11) is -0.803. The third-order valence-electron chi connectivity index (χ3n) is 0.445. The van der Waals surface area contributed by atoms with Crippen LogP contribution in [0.2, 0.25) is 0 Å². The summed E-state index contributed by atoms with van der Waals surface area (Å²) < 4.78 is 18.8. The zero-order valence-electron chi connectivity index (χ0n) is 5.66. The maximum atomic E-state index is 10.3. The lowest BCUT2D eigenvalue weighted by molar-refractivity contribution is -0.236. The van der Waals surface area contributed by atoms with Gasteiger partial charge in [-0.1, -0.05) is 0 Å². The largest absolute Gasteiger partial charge is 0.728 e. The van der Waals surface area contributed by atoms with Crippen LogP contribution in [0.15, 0.2) is 0 Å². The van der Waals surface area contributed by atoms with Gasteiger partial charge >= 0.3 is 8.25 Å². The Balaban J connectivity index is 3.17. The molecule has 0 radical (unpaired) electrons. The molecular weight excluding hydrogens is 143 g/mol. The molecule has 54 valence electrons. The molecule has 0 N–H and O–H groups in total. The smallest absolute Gasteiger partial charge is 0.184 e. The maximum absolute atomic E-state index is 10.3. The van der Waals surface area contributed by atoms with Gasteiger partial charge in [-0.3, -0.25) is 0 Å². The first-order valence-corrected chi connectivity index (χ1v) is 3.61. The van der Waals surface area contributed by atoms with Crippen molar-refractivity contribution in [1.29, 1.82) is 0 Å². The molecule has 0 aromatic heterocycles. The van der Waals surface area contributed by atoms with E-state index in [9.17, 15) is 4.57 Å². The second-order valence-electron chi connectivity index (χ2n) is 1.63. The number of hydrogen-bond donors (Lipinski definition) is 0. The van der Waals surface area contributed by atoms with Crippen LogP contribution < -0.4 is 0 Å². The van der Waals surface area contributed by atoms with Crippen molar-refractivity contribution in [2.45, 2.75) is 20.0 Å². The molecule has 0 saturated heterocycles. The van der Waals surface area contributed by atoms with Gasteiger partial charge in [-0.15, -0.1) is 4.52 Å². The Morgan fingerprint density at radius 1 is 1.44 bits per heavy atom. The molecule has 0 aliphatic heterocycles. The number of hydrogen-bond acceptors (Lipinski definition) is 4. The molecule has 9 heavy (non-hydrogen) atoms. The first-order chi connectivity index (χ1) is 4.16. The molecule has 0 heterocycles. The number of rotatable bonds is 4. The third-order valence-corrected chi connectivity index (χ3v) is 0.951. The van der Waals surface area contributed by atoms with Crippen molar-refractivity contribution >= 4 is 8.25 Å². The fraction of sp³-hybridized carbons (Fsp3) is 1.00. The van der Waals surface area contributed by atoms with Crippen molar-refractivity contribution in [3.63, 3.8) is 0 Å². The Morgan fingerprint density at radius 3 is 2.33 bits per heavy atom. The molecule has 0 rings (SSSR count). The predicted molar refractivity (Wildman–Crippen MR) is 31.9 cm³/mol. The van der Waals surface area contributed by atoms with Gasteiger partial charge in [0.15, 0.2) is 0 Å². The minimum atomic E-state index is -2.08. The van der Waals surface area contributed by atoms with Crippen LogP contribution in [0.5, 0.6) is 0 Å². The van der Waals surface area contributed by atoms with E-state index in [-0.39, 0.29) is 6.10 Å². The van der Waals surface area contributed by atoms with Gasteiger partial charge in [0.2, 0.25) is 0 Å². The van der Waals surface area contributed by atoms with Gasteiger partial charge in [0.25, 0.3) is 0 Å². The summed E-state index contributed by atoms with van der Waals surface area (Å²) in [6.45, 7) is 3.53. The second kappa shape index (κ2) is 4.82. The highest BCUT2D eigenvalue weighted by Crippen LogP contribution is 2.22. The quantitative estimate of drug-likeness (QED) is 0.350. The van der Waals surface area contributed by atoms with E-state index >= 15 is 0 Å². The van der Waals surface area contributed by atoms with Crippen LogP contribution in [0.3, 0.4) is 0 Å². The van der Waals surface area contributed by atoms with Gasteiger partial charge in [-0.2, -0.15) is 4.89 Å². The van der Waals surface area contributed by atoms with Gasteiger partial charge in [0.05, 0.1) is 17.9 Å². The highest BCUT2D eigenvalue weighted by atomic mass is 31.1. The molecule has 0 aromatic rings. The summed E-state index contributed by atoms with van der Waals surface area (Å²) in [4.78, 5) is 4.49. The molecule has 0 aliphatic carbocycles. The van der Waals surface area contributed by atoms with Gasteiger partial charge in [-0.05, 0) is 13.8 Å². The van der Waals surface area contributed by atoms with E-state index in [1.807, 2.05) is 0 Å². The van der Waals surface area contributed by atoms with Crippen LogP contribution in [-0.2, 0) is 18.7 Å². The lowest BCUT2D eigenvalue weighted by atomic mass is 10.5. The summed E-state index contributed by atoms with van der Waals surface area (Å²) in [5, 5.41) is 0. The van der Waals surface area contributed by atoms with Crippen LogP contribution >= 0.6 is 8.25 Å². The first-order valence-electron chi connectivity index (χ1n) is 2.51. The Bertz CT molecular complexity index is 92.6. The van der Waals surface area contributed by atoms with Crippen molar-refractivity contribution in [2.75, 3.05) is 7.11 Å². The average molecular weight is 153 g/mol. The summed E-state index contributed by atoms with van der Waals surface area (Å²) in [5.41, 5.74) is 0. The Morgan fingerprint density at radius 2 is 2.00 bits per heavy atom. The molecule has 0 bridgehead atoms. The van der Waals surface area contributed by atoms with E-state index in [1.165, 1.54) is 7.11 Å². The van der Waals surface area contributed by atoms with Gasteiger partial charge < -0.3 is 0 Å². The van der Waals surface area contributed by atoms with E-state index in [0.29, 0.717) is 0 Å². The Labute approximate surface area is 55.0 Å². The minimum absolute atomic E-state index is 0.0981. The molecule has 0 spiro atoms. The van der Waals surface area contributed by atoms with Gasteiger partial charge in [-0.25, -0.2) is 0 Å². The third kappa shape index (κ3) is 5.86. The lowest BCUT2D eigenvalue weighted by Gasteiger charge is -1.93. The minimum Gasteiger partial charge on any atom is -0.184 e. The van der Waals surface area contributed by atoms with Crippen LogP contribution in [0.25, 0.3) is 0 Å². The molecular formula is C4H10O4P+. The molecule has 0 fully saturated rings. The molecule has 1 atom stereocenters. The molecule has 4 nitrogen and oxygen atoms in total. The topological polar surface area (TPSA) is 44.8 Å². The summed E-state index contributed by atoms with van der Waals surface area (Å²) in [5.74, 6) is 0. The Kier molecular flexibility index (Phi) is 4.81. The standard InChI is InChI=1S/C4H10O4P/c1-4(2)7-8-9(5)6-3/h4H,1-3H3/q+1. The highest BCUT2D eigenvalue weighted by Gasteiger charge is 2.19. The van der Waals surface area contributed by atoms with E-state index in [1.54, 1.807) is 13.8 Å². The second-order valence-corrected chi connectivity index (χ2v) is 2.59. The first kappa shape index (κ1) is 8.98. The lowest BCUT2D eigenvalue weighted by Crippen LogP contribution is -1.98. The van der Waals surface area contributed by atoms with E-state index in [0.717, 1.165) is 0 Å². The summed E-state index contributed by atoms with van der Waals surface area (Å²) in [6.07, 6.45) is -0.0981. The fourth-order valence-corrected chi connectivity index (χ4v) is 0.455. The van der Waals surface area contributed by atoms with E-state index in [4.69, 9.17) is 0 Å². The van der Waals surface area contributed by atoms with Crippen molar-refractivity contribution in [2.24, 2.45) is 0 Å². The zero-order valence-corrected chi connectivity index (χ0v) is 6.55. The fourth-order valence-electron chi connectivity index (χ4n) is 0.152. The highest BCUT2D eigenvalue weighted by molar-refractivity contribution is 7.33. The molecule has 1 unspecified atom stereocenters. The Hall–Kier alpha value is -0.0200. The van der Waals surface area contributed by atoms with E-state index < -0.39 is 8.25 Å². The van der Waals surface area contributed by atoms with Crippen molar-refractivity contribution in [3.05, 3.63) is 0 Å². The molecule has 0 amide bonds. The predicted octanol–water partition coefficient (Wildman–Crippen LogP) is 1.65. The average Bonchev–Trinajstić information content (AvgIpc) is 1.83. The van der Waals surface area contributed by atoms with Gasteiger partial charge in [0.1, 0.15) is 0 Å². The van der Waals surface area contributed by atoms with Crippen LogP contribution in [0, 0.1) is 0 Å². The molecule has 0 saturated carbocycles. The molecule has 0 aromatic carbocycles. The summed E-state index contributed by atoms with van der Waals surface area (Å²) in [6, 6.07) is 0. The van der Waals surface area contributed by atoms with Gasteiger partial charge in [0, 0.05) is 4.57 Å². The molecule has 0 aliphatic rings.